The average Bonchev–Trinajstić information content (AvgIpc) is 4.34. The Hall–Kier alpha value is -1.66. The van der Waals surface area contributed by atoms with Crippen LogP contribution in [0.25, 0.3) is 53.3 Å². The van der Waals surface area contributed by atoms with Gasteiger partial charge >= 0.3 is 360 Å². The van der Waals surface area contributed by atoms with E-state index in [4.69, 9.17) is 7.96 Å². The molecule has 2 unspecified atom stereocenters. The fraction of sp³-hybridized carbons (Fsp3) is 0.794. The predicted molar refractivity (Wildman–Crippen MR) is 341 cm³/mol. The van der Waals surface area contributed by atoms with Crippen LogP contribution >= 0.6 is 22.7 Å². The molecule has 6 aromatic rings. The van der Waals surface area contributed by atoms with Crippen molar-refractivity contribution in [2.45, 2.75) is 337 Å². The van der Waals surface area contributed by atoms with Crippen LogP contribution in [0.3, 0.4) is 0 Å². The van der Waals surface area contributed by atoms with Gasteiger partial charge in [-0.1, -0.05) is 119 Å². The Morgan fingerprint density at radius 1 is 0.347 bits per heavy atom. The zero-order chi connectivity index (χ0) is 52.7. The van der Waals surface area contributed by atoms with Crippen LogP contribution in [0.15, 0.2) is 10.8 Å². The standard InChI is InChI=1S/C68H114N4S2Se/c1-7-13-19-25-29-31-33-37-43-49-57-53-73-67-59-61-62(70-75-69-61)60-66(65(59)71(63(57)67)51-55(45-39-23-17-11-5)47-41-35-27-21-15-9-3)72(52-56(46-40-24-18-12-6)48-42-36-28-22-16-10-4)64-58(54-74-68(60)64)50-44-38-34-32-30-26-20-14-8-2/h53-56H,7-52H2,1-6H3. The van der Waals surface area contributed by atoms with Gasteiger partial charge in [0.15, 0.2) is 0 Å². The monoisotopic (exact) mass is 1130 g/mol. The number of benzene rings is 1. The molecule has 0 radical (unpaired) electrons. The van der Waals surface area contributed by atoms with Crippen molar-refractivity contribution in [3.8, 4) is 0 Å². The molecule has 5 heterocycles. The van der Waals surface area contributed by atoms with E-state index in [-0.39, 0.29) is 15.0 Å². The molecule has 0 amide bonds. The van der Waals surface area contributed by atoms with E-state index in [1.54, 1.807) is 33.2 Å². The van der Waals surface area contributed by atoms with Crippen LogP contribution < -0.4 is 0 Å². The second-order valence-corrected chi connectivity index (χ2v) is 27.1. The molecule has 0 spiro atoms. The first-order valence-corrected chi connectivity index (χ1v) is 36.5. The van der Waals surface area contributed by atoms with Crippen LogP contribution in [0.5, 0.6) is 0 Å². The number of aromatic nitrogens is 4. The van der Waals surface area contributed by atoms with Crippen LogP contribution in [-0.2, 0) is 25.9 Å². The van der Waals surface area contributed by atoms with E-state index >= 15 is 0 Å². The first kappa shape index (κ1) is 62.5. The van der Waals surface area contributed by atoms with E-state index in [1.165, 1.54) is 314 Å². The third-order valence-corrected chi connectivity index (χ3v) is 20.9. The van der Waals surface area contributed by atoms with Crippen molar-refractivity contribution in [2.75, 3.05) is 0 Å². The summed E-state index contributed by atoms with van der Waals surface area (Å²) in [6.07, 6.45) is 60.3. The predicted octanol–water partition coefficient (Wildman–Crippen LogP) is 23.8. The Kier molecular flexibility index (Phi) is 31.1. The molecular weight excluding hydrogens is 1020 g/mol. The van der Waals surface area contributed by atoms with Crippen LogP contribution in [0.1, 0.15) is 322 Å². The molecule has 7 heteroatoms. The molecule has 424 valence electrons. The number of nitrogens with zero attached hydrogens (tertiary/aromatic N) is 4. The van der Waals surface area contributed by atoms with Crippen molar-refractivity contribution in [1.29, 1.82) is 0 Å². The van der Waals surface area contributed by atoms with Crippen molar-refractivity contribution in [2.24, 2.45) is 11.8 Å². The number of fused-ring (bicyclic) bond motifs is 10. The summed E-state index contributed by atoms with van der Waals surface area (Å²) in [5.74, 6) is 1.40. The van der Waals surface area contributed by atoms with Gasteiger partial charge in [-0.25, -0.2) is 0 Å². The molecule has 0 aliphatic rings. The fourth-order valence-electron chi connectivity index (χ4n) is 13.2. The Bertz CT molecular complexity index is 2230. The van der Waals surface area contributed by atoms with Crippen molar-refractivity contribution in [1.82, 2.24) is 17.1 Å². The maximum absolute atomic E-state index is 5.51. The molecule has 1 aromatic carbocycles. The maximum atomic E-state index is 5.51. The molecule has 0 N–H and O–H groups in total. The molecule has 2 atom stereocenters. The third kappa shape index (κ3) is 19.3. The van der Waals surface area contributed by atoms with Gasteiger partial charge in [0.25, 0.3) is 0 Å². The number of rotatable bonds is 48. The van der Waals surface area contributed by atoms with Gasteiger partial charge in [0, 0.05) is 0 Å². The Labute approximate surface area is 475 Å². The van der Waals surface area contributed by atoms with Crippen LogP contribution in [0, 0.1) is 11.8 Å². The van der Waals surface area contributed by atoms with Gasteiger partial charge in [0.2, 0.25) is 0 Å². The summed E-state index contributed by atoms with van der Waals surface area (Å²) in [7, 11) is 0. The van der Waals surface area contributed by atoms with Crippen molar-refractivity contribution >= 4 is 90.9 Å². The summed E-state index contributed by atoms with van der Waals surface area (Å²) in [4.78, 5) is 0. The molecule has 0 saturated heterocycles. The van der Waals surface area contributed by atoms with Gasteiger partial charge in [0.1, 0.15) is 0 Å². The minimum absolute atomic E-state index is 0.0984. The summed E-state index contributed by atoms with van der Waals surface area (Å²) in [6, 6.07) is 0. The molecular formula is C68H114N4S2Se. The molecule has 75 heavy (non-hydrogen) atoms. The Morgan fingerprint density at radius 3 is 0.920 bits per heavy atom. The van der Waals surface area contributed by atoms with E-state index in [2.05, 4.69) is 84.1 Å². The van der Waals surface area contributed by atoms with Gasteiger partial charge < -0.3 is 0 Å². The number of hydrogen-bond acceptors (Lipinski definition) is 4. The number of hydrogen-bond donors (Lipinski definition) is 0. The quantitative estimate of drug-likeness (QED) is 0.0282. The van der Waals surface area contributed by atoms with E-state index < -0.39 is 0 Å². The molecule has 0 fully saturated rings. The van der Waals surface area contributed by atoms with Crippen molar-refractivity contribution < 1.29 is 0 Å². The molecule has 6 rings (SSSR count). The summed E-state index contributed by atoms with van der Waals surface area (Å²) in [6.45, 7) is 16.5. The van der Waals surface area contributed by atoms with Crippen molar-refractivity contribution in [3.05, 3.63) is 21.9 Å². The number of unbranched alkanes of at least 4 members (excludes halogenated alkanes) is 32. The van der Waals surface area contributed by atoms with Crippen LogP contribution in [0.4, 0.5) is 0 Å². The average molecular weight is 1130 g/mol. The molecule has 5 aromatic heterocycles. The van der Waals surface area contributed by atoms with Gasteiger partial charge in [-0.05, 0) is 0 Å². The molecule has 0 saturated carbocycles. The summed E-state index contributed by atoms with van der Waals surface area (Å²) in [5, 5.41) is 8.17. The SMILES string of the molecule is CCCCCCCCCCCc1csc2c3c4n[se]nc4c4c5scc(CCCCCCCCCCC)c5n(CC(CCCCCC)CCCCCCCC)c4c3n(CC(CCCCCC)CCCCCCCC)c12. The van der Waals surface area contributed by atoms with E-state index in [9.17, 15) is 0 Å². The van der Waals surface area contributed by atoms with Gasteiger partial charge in [-0.3, -0.25) is 0 Å². The Morgan fingerprint density at radius 2 is 0.613 bits per heavy atom. The Balaban J connectivity index is 1.48. The molecule has 0 aliphatic carbocycles. The van der Waals surface area contributed by atoms with Gasteiger partial charge in [-0.2, -0.15) is 0 Å². The first-order chi connectivity index (χ1) is 37.1. The fourth-order valence-corrected chi connectivity index (χ4v) is 16.6. The minimum atomic E-state index is -0.0984. The van der Waals surface area contributed by atoms with Crippen LogP contribution in [0.2, 0.25) is 0 Å². The molecule has 4 nitrogen and oxygen atoms in total. The van der Waals surface area contributed by atoms with Gasteiger partial charge in [0.05, 0.1) is 0 Å². The number of thiophene rings is 2. The van der Waals surface area contributed by atoms with E-state index in [1.807, 2.05) is 0 Å². The normalized spacial score (nSPS) is 13.1. The zero-order valence-corrected chi connectivity index (χ0v) is 53.2. The molecule has 0 bridgehead atoms. The van der Waals surface area contributed by atoms with E-state index in [0.29, 0.717) is 11.8 Å². The summed E-state index contributed by atoms with van der Waals surface area (Å²) >= 11 is 4.03. The summed E-state index contributed by atoms with van der Waals surface area (Å²) < 4.78 is 20.1. The van der Waals surface area contributed by atoms with Crippen molar-refractivity contribution in [3.63, 3.8) is 0 Å². The second kappa shape index (κ2) is 37.3. The number of aryl methyl sites for hydroxylation is 2. The van der Waals surface area contributed by atoms with Crippen LogP contribution in [-0.4, -0.2) is 32.1 Å². The zero-order valence-electron chi connectivity index (χ0n) is 49.8. The third-order valence-electron chi connectivity index (χ3n) is 17.7. The van der Waals surface area contributed by atoms with Gasteiger partial charge in [-0.15, -0.1) is 0 Å². The first-order valence-electron chi connectivity index (χ1n) is 33.2. The summed E-state index contributed by atoms with van der Waals surface area (Å²) in [5.41, 5.74) is 12.1. The topological polar surface area (TPSA) is 35.6 Å². The molecule has 0 aliphatic heterocycles. The second-order valence-electron chi connectivity index (χ2n) is 24.2. The van der Waals surface area contributed by atoms with E-state index in [0.717, 1.165) is 13.1 Å².